The van der Waals surface area contributed by atoms with Gasteiger partial charge in [-0.3, -0.25) is 4.79 Å². The topological polar surface area (TPSA) is 49.3 Å². The van der Waals surface area contributed by atoms with E-state index in [2.05, 4.69) is 5.32 Å². The van der Waals surface area contributed by atoms with Crippen LogP contribution in [0.3, 0.4) is 0 Å². The van der Waals surface area contributed by atoms with Crippen LogP contribution in [0, 0.1) is 11.8 Å². The molecule has 2 fully saturated rings. The number of hydrogen-bond acceptors (Lipinski definition) is 2. The lowest BCUT2D eigenvalue weighted by molar-refractivity contribution is -0.123. The van der Waals surface area contributed by atoms with Crippen molar-refractivity contribution >= 4 is 29.1 Å². The largest absolute Gasteiger partial charge is 0.396 e. The molecule has 1 amide bonds. The Kier molecular flexibility index (Phi) is 4.96. The number of hydrogen-bond donors (Lipinski definition) is 2. The Balaban J connectivity index is 1.53. The molecule has 5 heteroatoms. The number of carbonyl (C=O) groups is 1. The van der Waals surface area contributed by atoms with Crippen molar-refractivity contribution in [3.63, 3.8) is 0 Å². The summed E-state index contributed by atoms with van der Waals surface area (Å²) >= 11 is 12.1. The van der Waals surface area contributed by atoms with Gasteiger partial charge in [-0.1, -0.05) is 29.3 Å². The number of aliphatic hydroxyl groups excluding tert-OH is 1. The van der Waals surface area contributed by atoms with Crippen molar-refractivity contribution in [3.8, 4) is 0 Å². The van der Waals surface area contributed by atoms with E-state index in [0.717, 1.165) is 37.7 Å². The van der Waals surface area contributed by atoms with Crippen molar-refractivity contribution < 1.29 is 9.90 Å². The number of halogens is 2. The first-order chi connectivity index (χ1) is 10.6. The zero-order valence-electron chi connectivity index (χ0n) is 12.4. The molecule has 0 bridgehead atoms. The van der Waals surface area contributed by atoms with Gasteiger partial charge in [-0.25, -0.2) is 0 Å². The maximum Gasteiger partial charge on any atom is 0.223 e. The van der Waals surface area contributed by atoms with Crippen LogP contribution in [0.25, 0.3) is 0 Å². The average molecular weight is 342 g/mol. The highest BCUT2D eigenvalue weighted by molar-refractivity contribution is 6.35. The van der Waals surface area contributed by atoms with Crippen LogP contribution in [0.5, 0.6) is 0 Å². The van der Waals surface area contributed by atoms with Gasteiger partial charge in [-0.15, -0.1) is 0 Å². The Morgan fingerprint density at radius 1 is 1.23 bits per heavy atom. The van der Waals surface area contributed by atoms with Gasteiger partial charge >= 0.3 is 0 Å². The van der Waals surface area contributed by atoms with Crippen molar-refractivity contribution in [2.75, 3.05) is 6.61 Å². The van der Waals surface area contributed by atoms with E-state index in [-0.39, 0.29) is 30.4 Å². The number of carbonyl (C=O) groups excluding carboxylic acids is 1. The molecule has 2 aliphatic carbocycles. The molecule has 1 aromatic carbocycles. The highest BCUT2D eigenvalue weighted by Gasteiger charge is 2.45. The molecule has 2 atom stereocenters. The number of aliphatic hydroxyl groups is 1. The van der Waals surface area contributed by atoms with E-state index in [1.807, 2.05) is 12.1 Å². The summed E-state index contributed by atoms with van der Waals surface area (Å²) < 4.78 is 0. The molecule has 0 aliphatic heterocycles. The summed E-state index contributed by atoms with van der Waals surface area (Å²) in [7, 11) is 0. The van der Waals surface area contributed by atoms with Crippen LogP contribution in [0.2, 0.25) is 10.0 Å². The van der Waals surface area contributed by atoms with E-state index in [0.29, 0.717) is 16.0 Å². The third-order valence-electron chi connectivity index (χ3n) is 4.94. The van der Waals surface area contributed by atoms with E-state index >= 15 is 0 Å². The van der Waals surface area contributed by atoms with E-state index in [4.69, 9.17) is 28.3 Å². The molecule has 0 aromatic heterocycles. The molecule has 2 saturated carbocycles. The van der Waals surface area contributed by atoms with Gasteiger partial charge in [0.15, 0.2) is 0 Å². The van der Waals surface area contributed by atoms with Crippen LogP contribution in [0.1, 0.15) is 43.6 Å². The molecule has 2 aliphatic rings. The molecule has 0 spiro atoms. The number of nitrogens with one attached hydrogen (secondary N) is 1. The van der Waals surface area contributed by atoms with Crippen molar-refractivity contribution in [3.05, 3.63) is 33.8 Å². The van der Waals surface area contributed by atoms with Crippen LogP contribution in [-0.4, -0.2) is 23.7 Å². The highest BCUT2D eigenvalue weighted by atomic mass is 35.5. The zero-order valence-corrected chi connectivity index (χ0v) is 13.9. The van der Waals surface area contributed by atoms with Gasteiger partial charge in [0.25, 0.3) is 0 Å². The van der Waals surface area contributed by atoms with Gasteiger partial charge in [0.1, 0.15) is 0 Å². The lowest BCUT2D eigenvalue weighted by Gasteiger charge is -2.28. The van der Waals surface area contributed by atoms with Crippen LogP contribution in [0.4, 0.5) is 0 Å². The van der Waals surface area contributed by atoms with E-state index in [1.165, 1.54) is 0 Å². The lowest BCUT2D eigenvalue weighted by Crippen LogP contribution is -2.39. The summed E-state index contributed by atoms with van der Waals surface area (Å²) in [5, 5.41) is 13.6. The number of benzene rings is 1. The minimum absolute atomic E-state index is 0.0363. The molecule has 0 radical (unpaired) electrons. The van der Waals surface area contributed by atoms with Crippen molar-refractivity contribution in [1.29, 1.82) is 0 Å². The van der Waals surface area contributed by atoms with Crippen LogP contribution in [-0.2, 0) is 4.79 Å². The smallest absolute Gasteiger partial charge is 0.223 e. The normalized spacial score (nSPS) is 30.9. The molecule has 120 valence electrons. The fraction of sp³-hybridized carbons (Fsp3) is 0.588. The molecule has 3 rings (SSSR count). The Morgan fingerprint density at radius 3 is 2.59 bits per heavy atom. The second-order valence-corrected chi connectivity index (χ2v) is 7.37. The van der Waals surface area contributed by atoms with Gasteiger partial charge < -0.3 is 10.4 Å². The molecular weight excluding hydrogens is 321 g/mol. The summed E-state index contributed by atoms with van der Waals surface area (Å²) in [6.45, 7) is 0.264. The summed E-state index contributed by atoms with van der Waals surface area (Å²) in [5.41, 5.74) is 1.02. The minimum atomic E-state index is 0.0363. The quantitative estimate of drug-likeness (QED) is 0.875. The molecule has 2 N–H and O–H groups in total. The van der Waals surface area contributed by atoms with Gasteiger partial charge in [-0.2, -0.15) is 0 Å². The molecule has 3 nitrogen and oxygen atoms in total. The molecule has 2 unspecified atom stereocenters. The van der Waals surface area contributed by atoms with Crippen molar-refractivity contribution in [2.24, 2.45) is 11.8 Å². The second kappa shape index (κ2) is 6.77. The lowest BCUT2D eigenvalue weighted by atomic mass is 9.86. The second-order valence-electron chi connectivity index (χ2n) is 6.52. The Labute approximate surface area is 141 Å². The Bertz CT molecular complexity index is 556. The third kappa shape index (κ3) is 3.58. The first-order valence-electron chi connectivity index (χ1n) is 7.94. The third-order valence-corrected chi connectivity index (χ3v) is 5.50. The SMILES string of the molecule is O=C(NC1CCC(CO)CC1)C1CC1c1ccc(Cl)cc1Cl. The van der Waals surface area contributed by atoms with Crippen LogP contribution < -0.4 is 5.32 Å². The monoisotopic (exact) mass is 341 g/mol. The van der Waals surface area contributed by atoms with Gasteiger partial charge in [0.2, 0.25) is 5.91 Å². The van der Waals surface area contributed by atoms with Crippen LogP contribution >= 0.6 is 23.2 Å². The molecule has 0 saturated heterocycles. The highest BCUT2D eigenvalue weighted by Crippen LogP contribution is 2.50. The Hall–Kier alpha value is -0.770. The molecular formula is C17H21Cl2NO2. The predicted molar refractivity (Wildman–Crippen MR) is 88.3 cm³/mol. The predicted octanol–water partition coefficient (Wildman–Crippen LogP) is 3.76. The van der Waals surface area contributed by atoms with E-state index in [1.54, 1.807) is 6.07 Å². The Morgan fingerprint density at radius 2 is 1.95 bits per heavy atom. The summed E-state index contributed by atoms with van der Waals surface area (Å²) in [4.78, 5) is 12.4. The fourth-order valence-electron chi connectivity index (χ4n) is 3.43. The molecule has 22 heavy (non-hydrogen) atoms. The first kappa shape index (κ1) is 16.1. The summed E-state index contributed by atoms with van der Waals surface area (Å²) in [6.07, 6.45) is 4.79. The van der Waals surface area contributed by atoms with Crippen LogP contribution in [0.15, 0.2) is 18.2 Å². The maximum absolute atomic E-state index is 12.4. The number of rotatable bonds is 4. The zero-order chi connectivity index (χ0) is 15.7. The van der Waals surface area contributed by atoms with Gasteiger partial charge in [0, 0.05) is 28.6 Å². The average Bonchev–Trinajstić information content (AvgIpc) is 3.28. The summed E-state index contributed by atoms with van der Waals surface area (Å²) in [5.74, 6) is 0.811. The fourth-order valence-corrected chi connectivity index (χ4v) is 3.98. The number of amides is 1. The summed E-state index contributed by atoms with van der Waals surface area (Å²) in [6, 6.07) is 5.75. The minimum Gasteiger partial charge on any atom is -0.396 e. The standard InChI is InChI=1S/C17H21Cl2NO2/c18-11-3-6-13(16(19)7-11)14-8-15(14)17(22)20-12-4-1-10(9-21)2-5-12/h3,6-7,10,12,14-15,21H,1-2,4-5,8-9H2,(H,20,22). The maximum atomic E-state index is 12.4. The van der Waals surface area contributed by atoms with Crippen molar-refractivity contribution in [1.82, 2.24) is 5.32 Å². The first-order valence-corrected chi connectivity index (χ1v) is 8.70. The molecule has 1 aromatic rings. The van der Waals surface area contributed by atoms with Gasteiger partial charge in [-0.05, 0) is 61.6 Å². The van der Waals surface area contributed by atoms with Gasteiger partial charge in [0.05, 0.1) is 0 Å². The van der Waals surface area contributed by atoms with Crippen molar-refractivity contribution in [2.45, 2.75) is 44.1 Å². The van der Waals surface area contributed by atoms with E-state index < -0.39 is 0 Å². The van der Waals surface area contributed by atoms with E-state index in [9.17, 15) is 4.79 Å². The molecule has 0 heterocycles.